The van der Waals surface area contributed by atoms with Gasteiger partial charge in [0.1, 0.15) is 6.71 Å². The van der Waals surface area contributed by atoms with Crippen LogP contribution in [0.4, 0.5) is 0 Å². The first-order valence-corrected chi connectivity index (χ1v) is 14.4. The molecule has 2 heteroatoms. The third-order valence-corrected chi connectivity index (χ3v) is 6.84. The van der Waals surface area contributed by atoms with Gasteiger partial charge >= 0.3 is 0 Å². The molecule has 0 radical (unpaired) electrons. The van der Waals surface area contributed by atoms with Crippen molar-refractivity contribution in [1.82, 2.24) is 0 Å². The predicted octanol–water partition coefficient (Wildman–Crippen LogP) is 9.89. The minimum absolute atomic E-state index is 1.04. The van der Waals surface area contributed by atoms with Crippen LogP contribution in [0.3, 0.4) is 0 Å². The van der Waals surface area contributed by atoms with Gasteiger partial charge in [0, 0.05) is 0 Å². The zero-order valence-corrected chi connectivity index (χ0v) is 22.9. The molecule has 0 aliphatic heterocycles. The molecule has 30 heavy (non-hydrogen) atoms. The summed E-state index contributed by atoms with van der Waals surface area (Å²) < 4.78 is 1.42. The fourth-order valence-corrected chi connectivity index (χ4v) is 4.56. The van der Waals surface area contributed by atoms with Gasteiger partial charge in [0.2, 0.25) is 0 Å². The van der Waals surface area contributed by atoms with E-state index in [0.29, 0.717) is 0 Å². The Morgan fingerprint density at radius 2 is 0.600 bits per heavy atom. The van der Waals surface area contributed by atoms with Crippen molar-refractivity contribution in [3.8, 4) is 0 Å². The molecule has 0 aromatic heterocycles. The van der Waals surface area contributed by atoms with Gasteiger partial charge in [0.05, 0.1) is 26.2 Å². The maximum absolute atomic E-state index is 2.33. The molecule has 0 aliphatic rings. The lowest BCUT2D eigenvalue weighted by Gasteiger charge is -2.39. The molecule has 0 atom stereocenters. The molecular formula is C28H63BN+. The Kier molecular flexibility index (Phi) is 27.1. The van der Waals surface area contributed by atoms with Crippen LogP contribution in [-0.4, -0.2) is 37.4 Å². The maximum atomic E-state index is 2.33. The summed E-state index contributed by atoms with van der Waals surface area (Å²) >= 11 is 0. The molecule has 0 aromatic carbocycles. The molecular weight excluding hydrogens is 361 g/mol. The zero-order valence-electron chi connectivity index (χ0n) is 22.9. The summed E-state index contributed by atoms with van der Waals surface area (Å²) in [6.07, 6.45) is 23.9. The first-order valence-electron chi connectivity index (χ1n) is 14.4. The largest absolute Gasteiger partial charge is 0.324 e. The molecule has 0 spiro atoms. The predicted molar refractivity (Wildman–Crippen MR) is 144 cm³/mol. The van der Waals surface area contributed by atoms with Crippen molar-refractivity contribution in [3.63, 3.8) is 0 Å². The van der Waals surface area contributed by atoms with Crippen LogP contribution in [0.5, 0.6) is 0 Å². The third kappa shape index (κ3) is 20.0. The maximum Gasteiger partial charge on any atom is 0.139 e. The van der Waals surface area contributed by atoms with Crippen molar-refractivity contribution in [2.75, 3.05) is 26.2 Å². The number of hydrogen-bond donors (Lipinski definition) is 0. The second kappa shape index (κ2) is 25.3. The van der Waals surface area contributed by atoms with Crippen LogP contribution < -0.4 is 0 Å². The third-order valence-electron chi connectivity index (χ3n) is 6.84. The van der Waals surface area contributed by atoms with E-state index in [4.69, 9.17) is 0 Å². The van der Waals surface area contributed by atoms with E-state index in [9.17, 15) is 0 Å². The van der Waals surface area contributed by atoms with E-state index in [1.165, 1.54) is 140 Å². The fraction of sp³-hybridized carbons (Fsp3) is 1.00. The van der Waals surface area contributed by atoms with Crippen molar-refractivity contribution in [3.05, 3.63) is 0 Å². The highest BCUT2D eigenvalue weighted by Gasteiger charge is 2.24. The van der Waals surface area contributed by atoms with Crippen molar-refractivity contribution < 1.29 is 4.48 Å². The highest BCUT2D eigenvalue weighted by Crippen LogP contribution is 2.17. The lowest BCUT2D eigenvalue weighted by Crippen LogP contribution is -2.50. The van der Waals surface area contributed by atoms with Gasteiger partial charge in [0.25, 0.3) is 0 Å². The van der Waals surface area contributed by atoms with Crippen LogP contribution in [-0.2, 0) is 0 Å². The Morgan fingerprint density at radius 1 is 0.367 bits per heavy atom. The van der Waals surface area contributed by atoms with Crippen molar-refractivity contribution in [2.24, 2.45) is 0 Å². The average Bonchev–Trinajstić information content (AvgIpc) is 2.78. The van der Waals surface area contributed by atoms with Gasteiger partial charge in [-0.3, -0.25) is 0 Å². The quantitative estimate of drug-likeness (QED) is 0.127. The Hall–Kier alpha value is 0.0249. The first kappa shape index (κ1) is 32.2. The highest BCUT2D eigenvalue weighted by atomic mass is 15.3. The Bertz CT molecular complexity index is 248. The Balaban J connectivity index is 0. The fourth-order valence-electron chi connectivity index (χ4n) is 4.56. The van der Waals surface area contributed by atoms with Gasteiger partial charge in [-0.2, -0.15) is 0 Å². The molecule has 0 aromatic rings. The monoisotopic (exact) mass is 425 g/mol. The van der Waals surface area contributed by atoms with Crippen LogP contribution in [0, 0.1) is 0 Å². The van der Waals surface area contributed by atoms with E-state index >= 15 is 0 Å². The second-order valence-corrected chi connectivity index (χ2v) is 9.94. The molecule has 1 nitrogen and oxygen atoms in total. The van der Waals surface area contributed by atoms with Crippen molar-refractivity contribution in [1.29, 1.82) is 0 Å². The summed E-state index contributed by atoms with van der Waals surface area (Å²) in [7, 11) is 0. The average molecular weight is 425 g/mol. The van der Waals surface area contributed by atoms with E-state index in [1.54, 1.807) is 0 Å². The number of quaternary nitrogens is 1. The summed E-state index contributed by atoms with van der Waals surface area (Å²) in [6, 6.07) is 0. The normalized spacial score (nSPS) is 11.3. The molecule has 0 fully saturated rings. The number of rotatable bonds is 21. The molecule has 0 rings (SSSR count). The topological polar surface area (TPSA) is 0 Å². The number of unbranched alkanes of at least 4 members (excludes halogenated alkanes) is 7. The SMILES string of the molecule is CCCCB(CCCC)CCCC.CCCC[N+](CCCC)(CCCC)CCCC. The van der Waals surface area contributed by atoms with Gasteiger partial charge in [-0.1, -0.05) is 132 Å². The van der Waals surface area contributed by atoms with Crippen molar-refractivity contribution in [2.45, 2.75) is 157 Å². The van der Waals surface area contributed by atoms with E-state index in [0.717, 1.165) is 6.71 Å². The van der Waals surface area contributed by atoms with Gasteiger partial charge in [-0.15, -0.1) is 0 Å². The zero-order chi connectivity index (χ0) is 22.9. The standard InChI is InChI=1S/C16H36N.C12H27B/c1-5-9-13-17(14-10-6-2,15-11-7-3)16-12-8-4;1-4-7-10-13(11-8-5-2)12-9-6-3/h5-16H2,1-4H3;4-12H2,1-3H3/q+1;. The van der Waals surface area contributed by atoms with E-state index in [-0.39, 0.29) is 0 Å². The highest BCUT2D eigenvalue weighted by molar-refractivity contribution is 6.58. The Labute approximate surface area is 194 Å². The Morgan fingerprint density at radius 3 is 0.800 bits per heavy atom. The molecule has 0 N–H and O–H groups in total. The van der Waals surface area contributed by atoms with Crippen LogP contribution in [0.25, 0.3) is 0 Å². The van der Waals surface area contributed by atoms with Gasteiger partial charge < -0.3 is 4.48 Å². The summed E-state index contributed by atoms with van der Waals surface area (Å²) in [5.74, 6) is 0. The summed E-state index contributed by atoms with van der Waals surface area (Å²) in [5, 5.41) is 0. The van der Waals surface area contributed by atoms with E-state index in [2.05, 4.69) is 48.5 Å². The van der Waals surface area contributed by atoms with Gasteiger partial charge in [-0.25, -0.2) is 0 Å². The van der Waals surface area contributed by atoms with Crippen LogP contribution in [0.15, 0.2) is 0 Å². The van der Waals surface area contributed by atoms with E-state index in [1.807, 2.05) is 0 Å². The first-order chi connectivity index (χ1) is 14.6. The van der Waals surface area contributed by atoms with Crippen LogP contribution in [0.1, 0.15) is 138 Å². The molecule has 0 amide bonds. The van der Waals surface area contributed by atoms with Crippen LogP contribution in [0.2, 0.25) is 19.0 Å². The van der Waals surface area contributed by atoms with Gasteiger partial charge in [-0.05, 0) is 25.7 Å². The second-order valence-electron chi connectivity index (χ2n) is 9.94. The molecule has 0 heterocycles. The molecule has 0 saturated heterocycles. The molecule has 0 bridgehead atoms. The summed E-state index contributed by atoms with van der Waals surface area (Å²) in [6.45, 7) is 23.0. The lowest BCUT2D eigenvalue weighted by molar-refractivity contribution is -0.929. The number of hydrogen-bond acceptors (Lipinski definition) is 0. The van der Waals surface area contributed by atoms with Crippen LogP contribution >= 0.6 is 0 Å². The molecule has 0 aliphatic carbocycles. The molecule has 0 unspecified atom stereocenters. The molecule has 0 saturated carbocycles. The smallest absolute Gasteiger partial charge is 0.139 e. The van der Waals surface area contributed by atoms with Gasteiger partial charge in [0.15, 0.2) is 0 Å². The van der Waals surface area contributed by atoms with E-state index < -0.39 is 0 Å². The molecule has 182 valence electrons. The minimum Gasteiger partial charge on any atom is -0.324 e. The number of nitrogens with zero attached hydrogens (tertiary/aromatic N) is 1. The lowest BCUT2D eigenvalue weighted by atomic mass is 9.41. The summed E-state index contributed by atoms with van der Waals surface area (Å²) in [5.41, 5.74) is 0. The minimum atomic E-state index is 1.04. The van der Waals surface area contributed by atoms with Crippen molar-refractivity contribution >= 4 is 6.71 Å². The summed E-state index contributed by atoms with van der Waals surface area (Å²) in [4.78, 5) is 0.